The van der Waals surface area contributed by atoms with E-state index >= 15 is 0 Å². The van der Waals surface area contributed by atoms with Crippen molar-refractivity contribution in [3.05, 3.63) is 0 Å². The number of ketones is 1. The number of nitrogens with zero attached hydrogens (tertiary/aromatic N) is 1. The molecule has 3 nitrogen and oxygen atoms in total. The Morgan fingerprint density at radius 1 is 1.13 bits per heavy atom. The van der Waals surface area contributed by atoms with Crippen LogP contribution in [0.4, 0.5) is 0 Å². The van der Waals surface area contributed by atoms with Gasteiger partial charge in [-0.05, 0) is 60.2 Å². The summed E-state index contributed by atoms with van der Waals surface area (Å²) in [5.41, 5.74) is 0.513. The topological polar surface area (TPSA) is 37.4 Å². The van der Waals surface area contributed by atoms with Crippen molar-refractivity contribution in [3.8, 4) is 0 Å². The number of piperidine rings is 1. The molecule has 7 atom stereocenters. The molecular weight excluding hydrogens is 286 g/mol. The lowest BCUT2D eigenvalue weighted by molar-refractivity contribution is -0.164. The van der Waals surface area contributed by atoms with Crippen LogP contribution in [0, 0.1) is 34.5 Å². The summed E-state index contributed by atoms with van der Waals surface area (Å²) >= 11 is 0. The molecule has 4 rings (SSSR count). The standard InChI is InChI=1S/C20H31NO2/c1-12-9-16-20(3,8-6-17(23)21(16)4)14-5-7-19(2)11-13(22)10-15(19)18(12)14/h12,14-16,18H,5-11H2,1-4H3/t12-,14?,15?,16?,18?,19+,20+/m0/s1. The first-order valence-electron chi connectivity index (χ1n) is 9.53. The van der Waals surface area contributed by atoms with Crippen LogP contribution in [0.2, 0.25) is 0 Å². The number of carbonyl (C=O) groups excluding carboxylic acids is 2. The van der Waals surface area contributed by atoms with Gasteiger partial charge in [-0.3, -0.25) is 9.59 Å². The third-order valence-corrected chi connectivity index (χ3v) is 8.50. The van der Waals surface area contributed by atoms with Crippen LogP contribution in [0.3, 0.4) is 0 Å². The summed E-state index contributed by atoms with van der Waals surface area (Å²) in [4.78, 5) is 26.5. The molecule has 1 aliphatic heterocycles. The zero-order chi connectivity index (χ0) is 16.6. The molecule has 1 amide bonds. The molecule has 3 aliphatic carbocycles. The Bertz CT molecular complexity index is 558. The highest BCUT2D eigenvalue weighted by Gasteiger charge is 2.61. The molecule has 0 aromatic carbocycles. The van der Waals surface area contributed by atoms with Crippen LogP contribution in [0.25, 0.3) is 0 Å². The van der Waals surface area contributed by atoms with E-state index < -0.39 is 0 Å². The highest BCUT2D eigenvalue weighted by atomic mass is 16.2. The minimum absolute atomic E-state index is 0.256. The van der Waals surface area contributed by atoms with Crippen molar-refractivity contribution in [1.82, 2.24) is 4.90 Å². The van der Waals surface area contributed by atoms with E-state index in [1.54, 1.807) is 0 Å². The van der Waals surface area contributed by atoms with E-state index in [1.165, 1.54) is 12.8 Å². The number of Topliss-reactive ketones (excluding diaryl/α,β-unsaturated/α-hetero) is 1. The third-order valence-electron chi connectivity index (χ3n) is 8.50. The van der Waals surface area contributed by atoms with Gasteiger partial charge in [-0.25, -0.2) is 0 Å². The lowest BCUT2D eigenvalue weighted by Crippen LogP contribution is -2.62. The van der Waals surface area contributed by atoms with Crippen LogP contribution in [0.15, 0.2) is 0 Å². The fourth-order valence-corrected chi connectivity index (χ4v) is 7.25. The Balaban J connectivity index is 1.71. The Hall–Kier alpha value is -0.860. The van der Waals surface area contributed by atoms with E-state index in [1.807, 2.05) is 7.05 Å². The van der Waals surface area contributed by atoms with Crippen molar-refractivity contribution in [1.29, 1.82) is 0 Å². The van der Waals surface area contributed by atoms with Gasteiger partial charge in [-0.2, -0.15) is 0 Å². The van der Waals surface area contributed by atoms with E-state index in [-0.39, 0.29) is 10.8 Å². The highest BCUT2D eigenvalue weighted by molar-refractivity contribution is 5.82. The molecule has 4 fully saturated rings. The summed E-state index contributed by atoms with van der Waals surface area (Å²) in [6.45, 7) is 7.21. The van der Waals surface area contributed by atoms with Crippen LogP contribution < -0.4 is 0 Å². The van der Waals surface area contributed by atoms with Gasteiger partial charge in [-0.15, -0.1) is 0 Å². The zero-order valence-corrected chi connectivity index (χ0v) is 15.1. The van der Waals surface area contributed by atoms with Gasteiger partial charge in [0.2, 0.25) is 5.91 Å². The molecule has 1 heterocycles. The maximum atomic E-state index is 12.2. The second-order valence-corrected chi connectivity index (χ2v) is 9.64. The molecule has 0 aromatic heterocycles. The molecule has 4 unspecified atom stereocenters. The number of fused-ring (bicyclic) bond motifs is 5. The predicted molar refractivity (Wildman–Crippen MR) is 89.7 cm³/mol. The van der Waals surface area contributed by atoms with Gasteiger partial charge in [0.1, 0.15) is 5.78 Å². The Morgan fingerprint density at radius 3 is 2.61 bits per heavy atom. The molecule has 0 radical (unpaired) electrons. The largest absolute Gasteiger partial charge is 0.342 e. The van der Waals surface area contributed by atoms with Gasteiger partial charge in [0.15, 0.2) is 0 Å². The lowest BCUT2D eigenvalue weighted by atomic mass is 9.45. The van der Waals surface area contributed by atoms with Crippen molar-refractivity contribution in [2.24, 2.45) is 34.5 Å². The molecule has 23 heavy (non-hydrogen) atoms. The normalized spacial score (nSPS) is 52.9. The summed E-state index contributed by atoms with van der Waals surface area (Å²) in [5.74, 6) is 3.41. The number of likely N-dealkylation sites (tertiary alicyclic amines) is 1. The van der Waals surface area contributed by atoms with Gasteiger partial charge in [0.05, 0.1) is 0 Å². The minimum atomic E-state index is 0.256. The molecule has 128 valence electrons. The van der Waals surface area contributed by atoms with Crippen molar-refractivity contribution >= 4 is 11.7 Å². The van der Waals surface area contributed by atoms with Crippen LogP contribution >= 0.6 is 0 Å². The zero-order valence-electron chi connectivity index (χ0n) is 15.1. The van der Waals surface area contributed by atoms with E-state index in [0.29, 0.717) is 47.8 Å². The van der Waals surface area contributed by atoms with Gasteiger partial charge in [0.25, 0.3) is 0 Å². The minimum Gasteiger partial charge on any atom is -0.342 e. The first kappa shape index (κ1) is 15.7. The van der Waals surface area contributed by atoms with Crippen LogP contribution in [0.5, 0.6) is 0 Å². The smallest absolute Gasteiger partial charge is 0.222 e. The predicted octanol–water partition coefficient (Wildman–Crippen LogP) is 3.66. The van der Waals surface area contributed by atoms with Gasteiger partial charge < -0.3 is 4.90 Å². The molecule has 0 bridgehead atoms. The summed E-state index contributed by atoms with van der Waals surface area (Å²) in [6, 6.07) is 0.404. The number of carbonyl (C=O) groups is 2. The summed E-state index contributed by atoms with van der Waals surface area (Å²) in [6.07, 6.45) is 6.97. The number of rotatable bonds is 0. The Labute approximate surface area is 140 Å². The lowest BCUT2D eigenvalue weighted by Gasteiger charge is -2.63. The second kappa shape index (κ2) is 4.83. The van der Waals surface area contributed by atoms with Crippen molar-refractivity contribution in [3.63, 3.8) is 0 Å². The van der Waals surface area contributed by atoms with E-state index in [2.05, 4.69) is 25.7 Å². The SMILES string of the molecule is C[C@H]1CC2N(C)C(=O)CC[C@]2(C)C2CC[C@]3(C)CC(=O)CC3C21. The Kier molecular flexibility index (Phi) is 3.29. The molecule has 1 saturated heterocycles. The van der Waals surface area contributed by atoms with Crippen molar-refractivity contribution in [2.45, 2.75) is 71.8 Å². The first-order chi connectivity index (χ1) is 10.8. The van der Waals surface area contributed by atoms with Gasteiger partial charge in [-0.1, -0.05) is 20.8 Å². The van der Waals surface area contributed by atoms with Crippen molar-refractivity contribution < 1.29 is 9.59 Å². The average molecular weight is 317 g/mol. The molecule has 0 aromatic rings. The third kappa shape index (κ3) is 2.01. The molecular formula is C20H31NO2. The van der Waals surface area contributed by atoms with E-state index in [4.69, 9.17) is 0 Å². The quantitative estimate of drug-likeness (QED) is 0.683. The maximum Gasteiger partial charge on any atom is 0.222 e. The van der Waals surface area contributed by atoms with E-state index in [9.17, 15) is 9.59 Å². The Morgan fingerprint density at radius 2 is 1.87 bits per heavy atom. The van der Waals surface area contributed by atoms with Crippen molar-refractivity contribution in [2.75, 3.05) is 7.05 Å². The van der Waals surface area contributed by atoms with Crippen LogP contribution in [-0.4, -0.2) is 29.7 Å². The number of hydrogen-bond donors (Lipinski definition) is 0. The summed E-state index contributed by atoms with van der Waals surface area (Å²) in [5, 5.41) is 0. The molecule has 4 aliphatic rings. The second-order valence-electron chi connectivity index (χ2n) is 9.64. The molecule has 3 saturated carbocycles. The number of amides is 1. The summed E-state index contributed by atoms with van der Waals surface area (Å²) < 4.78 is 0. The van der Waals surface area contributed by atoms with E-state index in [0.717, 1.165) is 25.7 Å². The first-order valence-corrected chi connectivity index (χ1v) is 9.53. The van der Waals surface area contributed by atoms with Crippen LogP contribution in [0.1, 0.15) is 65.7 Å². The molecule has 0 spiro atoms. The van der Waals surface area contributed by atoms with Gasteiger partial charge >= 0.3 is 0 Å². The van der Waals surface area contributed by atoms with Crippen LogP contribution in [-0.2, 0) is 9.59 Å². The maximum absolute atomic E-state index is 12.2. The average Bonchev–Trinajstić information content (AvgIpc) is 2.80. The fourth-order valence-electron chi connectivity index (χ4n) is 7.25. The summed E-state index contributed by atoms with van der Waals surface area (Å²) in [7, 11) is 2.02. The highest BCUT2D eigenvalue weighted by Crippen LogP contribution is 2.65. The molecule has 0 N–H and O–H groups in total. The fraction of sp³-hybridized carbons (Fsp3) is 0.900. The van der Waals surface area contributed by atoms with Gasteiger partial charge in [0, 0.05) is 32.4 Å². The monoisotopic (exact) mass is 317 g/mol. The number of hydrogen-bond acceptors (Lipinski definition) is 2. The molecule has 3 heteroatoms.